The van der Waals surface area contributed by atoms with Crippen LogP contribution in [-0.2, 0) is 4.79 Å². The first kappa shape index (κ1) is 14.2. The zero-order valence-electron chi connectivity index (χ0n) is 10.4. The first-order chi connectivity index (χ1) is 9.56. The highest BCUT2D eigenvalue weighted by molar-refractivity contribution is 6.32. The Morgan fingerprint density at radius 3 is 3.05 bits per heavy atom. The molecule has 0 fully saturated rings. The quantitative estimate of drug-likeness (QED) is 0.866. The highest BCUT2D eigenvalue weighted by Crippen LogP contribution is 2.24. The average Bonchev–Trinajstić information content (AvgIpc) is 2.91. The molecule has 0 saturated heterocycles. The molecule has 0 bridgehead atoms. The van der Waals surface area contributed by atoms with Gasteiger partial charge in [0.25, 0.3) is 5.91 Å². The molecule has 0 aliphatic rings. The fourth-order valence-corrected chi connectivity index (χ4v) is 1.66. The Hall–Kier alpha value is -2.22. The molecule has 9 heteroatoms. The molecule has 0 radical (unpaired) electrons. The summed E-state index contributed by atoms with van der Waals surface area (Å²) in [5, 5.41) is 15.9. The number of nitrogens with one attached hydrogen (secondary N) is 2. The van der Waals surface area contributed by atoms with Crippen molar-refractivity contribution in [2.75, 3.05) is 6.61 Å². The minimum absolute atomic E-state index is 0.101. The Labute approximate surface area is 118 Å². The molecule has 0 aliphatic heterocycles. The molecule has 0 aliphatic carbocycles. The van der Waals surface area contributed by atoms with E-state index in [1.165, 1.54) is 12.1 Å². The van der Waals surface area contributed by atoms with Crippen LogP contribution in [0, 0.1) is 5.82 Å². The number of benzene rings is 1. The Balaban J connectivity index is 1.86. The van der Waals surface area contributed by atoms with E-state index in [9.17, 15) is 9.18 Å². The topological polar surface area (TPSA) is 92.8 Å². The van der Waals surface area contributed by atoms with Crippen LogP contribution in [0.5, 0.6) is 5.75 Å². The van der Waals surface area contributed by atoms with Crippen molar-refractivity contribution >= 4 is 17.5 Å². The normalized spacial score (nSPS) is 11.9. The highest BCUT2D eigenvalue weighted by atomic mass is 35.5. The van der Waals surface area contributed by atoms with Gasteiger partial charge in [-0.05, 0) is 25.1 Å². The molecule has 0 spiro atoms. The predicted octanol–water partition coefficient (Wildman–Crippen LogP) is 1.25. The van der Waals surface area contributed by atoms with Crippen LogP contribution in [0.1, 0.15) is 18.8 Å². The summed E-state index contributed by atoms with van der Waals surface area (Å²) < 4.78 is 18.0. The summed E-state index contributed by atoms with van der Waals surface area (Å²) in [6.07, 6.45) is 0. The minimum atomic E-state index is -0.475. The van der Waals surface area contributed by atoms with Crippen molar-refractivity contribution in [1.29, 1.82) is 0 Å². The van der Waals surface area contributed by atoms with Gasteiger partial charge in [-0.15, -0.1) is 10.2 Å². The Morgan fingerprint density at radius 2 is 2.40 bits per heavy atom. The first-order valence-corrected chi connectivity index (χ1v) is 6.04. The van der Waals surface area contributed by atoms with Gasteiger partial charge < -0.3 is 10.1 Å². The summed E-state index contributed by atoms with van der Waals surface area (Å²) in [4.78, 5) is 11.7. The van der Waals surface area contributed by atoms with Gasteiger partial charge in [-0.1, -0.05) is 16.8 Å². The van der Waals surface area contributed by atoms with Crippen LogP contribution in [0.25, 0.3) is 0 Å². The van der Waals surface area contributed by atoms with Gasteiger partial charge in [-0.3, -0.25) is 4.79 Å². The summed E-state index contributed by atoms with van der Waals surface area (Å²) in [6.45, 7) is 1.45. The van der Waals surface area contributed by atoms with Crippen LogP contribution in [0.2, 0.25) is 5.02 Å². The average molecular weight is 300 g/mol. The van der Waals surface area contributed by atoms with Gasteiger partial charge in [-0.2, -0.15) is 5.21 Å². The summed E-state index contributed by atoms with van der Waals surface area (Å²) in [5.41, 5.74) is 0. The molecule has 2 aromatic rings. The summed E-state index contributed by atoms with van der Waals surface area (Å²) >= 11 is 5.77. The number of hydrogen-bond donors (Lipinski definition) is 2. The molecule has 1 aromatic heterocycles. The van der Waals surface area contributed by atoms with E-state index < -0.39 is 11.9 Å². The van der Waals surface area contributed by atoms with Gasteiger partial charge in [0.05, 0.1) is 11.1 Å². The highest BCUT2D eigenvalue weighted by Gasteiger charge is 2.14. The molecular formula is C11H11ClFN5O2. The van der Waals surface area contributed by atoms with Gasteiger partial charge >= 0.3 is 0 Å². The number of nitrogens with zero attached hydrogens (tertiary/aromatic N) is 3. The molecule has 1 atom stereocenters. The van der Waals surface area contributed by atoms with Gasteiger partial charge in [-0.25, -0.2) is 4.39 Å². The molecule has 1 aromatic carbocycles. The van der Waals surface area contributed by atoms with Crippen molar-refractivity contribution in [3.05, 3.63) is 34.9 Å². The summed E-state index contributed by atoms with van der Waals surface area (Å²) in [6, 6.07) is 3.25. The number of halogens is 2. The van der Waals surface area contributed by atoms with Crippen LogP contribution >= 0.6 is 11.6 Å². The fourth-order valence-electron chi connectivity index (χ4n) is 1.44. The lowest BCUT2D eigenvalue weighted by molar-refractivity contribution is -0.123. The van der Waals surface area contributed by atoms with E-state index in [1.54, 1.807) is 6.92 Å². The number of ether oxygens (including phenoxy) is 1. The zero-order valence-corrected chi connectivity index (χ0v) is 11.2. The SMILES string of the molecule is CC(NC(=O)COc1ccc(F)cc1Cl)c1nn[nH]n1. The van der Waals surface area contributed by atoms with Crippen molar-refractivity contribution in [1.82, 2.24) is 25.9 Å². The molecule has 2 N–H and O–H groups in total. The number of aromatic nitrogens is 4. The van der Waals surface area contributed by atoms with Crippen LogP contribution in [0.15, 0.2) is 18.2 Å². The smallest absolute Gasteiger partial charge is 0.258 e. The largest absolute Gasteiger partial charge is 0.482 e. The third-order valence-electron chi connectivity index (χ3n) is 2.38. The second-order valence-electron chi connectivity index (χ2n) is 3.92. The van der Waals surface area contributed by atoms with E-state index in [2.05, 4.69) is 25.9 Å². The fraction of sp³-hybridized carbons (Fsp3) is 0.273. The first-order valence-electron chi connectivity index (χ1n) is 5.67. The number of carbonyl (C=O) groups is 1. The Bertz CT molecular complexity index is 593. The number of hydrogen-bond acceptors (Lipinski definition) is 5. The molecule has 106 valence electrons. The van der Waals surface area contributed by atoms with E-state index in [-0.39, 0.29) is 23.3 Å². The molecule has 2 rings (SSSR count). The second kappa shape index (κ2) is 6.29. The lowest BCUT2D eigenvalue weighted by Crippen LogP contribution is -2.31. The van der Waals surface area contributed by atoms with Crippen molar-refractivity contribution < 1.29 is 13.9 Å². The lowest BCUT2D eigenvalue weighted by Gasteiger charge is -2.11. The third kappa shape index (κ3) is 3.64. The monoisotopic (exact) mass is 299 g/mol. The van der Waals surface area contributed by atoms with Crippen molar-refractivity contribution in [2.24, 2.45) is 0 Å². The number of aromatic amines is 1. The lowest BCUT2D eigenvalue weighted by atomic mass is 10.3. The number of rotatable bonds is 5. The standard InChI is InChI=1S/C11H11ClFN5O2/c1-6(11-15-17-18-16-11)14-10(19)5-20-9-3-2-7(13)4-8(9)12/h2-4,6H,5H2,1H3,(H,14,19)(H,15,16,17,18). The maximum atomic E-state index is 12.8. The van der Waals surface area contributed by atoms with Crippen LogP contribution in [-0.4, -0.2) is 33.1 Å². The molecule has 1 heterocycles. The van der Waals surface area contributed by atoms with Crippen LogP contribution in [0.3, 0.4) is 0 Å². The predicted molar refractivity (Wildman–Crippen MR) is 67.6 cm³/mol. The molecule has 1 unspecified atom stereocenters. The van der Waals surface area contributed by atoms with E-state index in [4.69, 9.17) is 16.3 Å². The zero-order chi connectivity index (χ0) is 14.5. The van der Waals surface area contributed by atoms with Gasteiger partial charge in [0, 0.05) is 0 Å². The summed E-state index contributed by atoms with van der Waals surface area (Å²) in [5.74, 6) is -0.270. The number of carbonyl (C=O) groups excluding carboxylic acids is 1. The van der Waals surface area contributed by atoms with Crippen molar-refractivity contribution in [2.45, 2.75) is 13.0 Å². The van der Waals surface area contributed by atoms with E-state index in [1.807, 2.05) is 0 Å². The number of H-pyrrole nitrogens is 1. The van der Waals surface area contributed by atoms with E-state index >= 15 is 0 Å². The molecule has 0 saturated carbocycles. The maximum Gasteiger partial charge on any atom is 0.258 e. The third-order valence-corrected chi connectivity index (χ3v) is 2.67. The van der Waals surface area contributed by atoms with Crippen LogP contribution in [0.4, 0.5) is 4.39 Å². The number of amides is 1. The van der Waals surface area contributed by atoms with E-state index in [0.717, 1.165) is 6.07 Å². The molecule has 1 amide bonds. The minimum Gasteiger partial charge on any atom is -0.482 e. The van der Waals surface area contributed by atoms with Crippen LogP contribution < -0.4 is 10.1 Å². The Kier molecular flexibility index (Phi) is 4.46. The van der Waals surface area contributed by atoms with Crippen molar-refractivity contribution in [3.8, 4) is 5.75 Å². The second-order valence-corrected chi connectivity index (χ2v) is 4.33. The number of tetrazole rings is 1. The van der Waals surface area contributed by atoms with Gasteiger partial charge in [0.15, 0.2) is 12.4 Å². The molecule has 7 nitrogen and oxygen atoms in total. The van der Waals surface area contributed by atoms with E-state index in [0.29, 0.717) is 5.82 Å². The Morgan fingerprint density at radius 1 is 1.60 bits per heavy atom. The van der Waals surface area contributed by atoms with Gasteiger partial charge in [0.2, 0.25) is 0 Å². The maximum absolute atomic E-state index is 12.8. The molecule has 20 heavy (non-hydrogen) atoms. The van der Waals surface area contributed by atoms with Crippen molar-refractivity contribution in [3.63, 3.8) is 0 Å². The summed E-state index contributed by atoms with van der Waals surface area (Å²) in [7, 11) is 0. The molecular weight excluding hydrogens is 289 g/mol. The van der Waals surface area contributed by atoms with Gasteiger partial charge in [0.1, 0.15) is 11.6 Å².